The third-order valence-corrected chi connectivity index (χ3v) is 5.68. The highest BCUT2D eigenvalue weighted by atomic mass is 32.1. The Kier molecular flexibility index (Phi) is 5.17. The first kappa shape index (κ1) is 14.9. The number of nitrogens with zero attached hydrogens (tertiary/aromatic N) is 1. The molecule has 116 valence electrons. The lowest BCUT2D eigenvalue weighted by molar-refractivity contribution is 0.192. The predicted octanol–water partition coefficient (Wildman–Crippen LogP) is 4.57. The first-order valence-electron chi connectivity index (χ1n) is 8.41. The summed E-state index contributed by atoms with van der Waals surface area (Å²) in [4.78, 5) is 14.4. The molecular formula is C17H26N2OS. The van der Waals surface area contributed by atoms with Crippen LogP contribution in [-0.4, -0.2) is 24.0 Å². The number of carbonyl (C=O) groups excluding carboxylic acids is 1. The zero-order chi connectivity index (χ0) is 14.5. The normalized spacial score (nSPS) is 22.9. The van der Waals surface area contributed by atoms with Crippen molar-refractivity contribution in [3.63, 3.8) is 0 Å². The summed E-state index contributed by atoms with van der Waals surface area (Å²) in [7, 11) is 0. The van der Waals surface area contributed by atoms with Gasteiger partial charge in [0.05, 0.1) is 6.04 Å². The molecule has 1 atom stereocenters. The minimum atomic E-state index is 0.134. The number of nitrogens with one attached hydrogen (secondary N) is 1. The predicted molar refractivity (Wildman–Crippen MR) is 87.6 cm³/mol. The number of hydrogen-bond acceptors (Lipinski definition) is 2. The molecule has 0 spiro atoms. The van der Waals surface area contributed by atoms with Crippen molar-refractivity contribution >= 4 is 17.4 Å². The topological polar surface area (TPSA) is 32.3 Å². The Morgan fingerprint density at radius 1 is 1.29 bits per heavy atom. The summed E-state index contributed by atoms with van der Waals surface area (Å²) in [6.07, 6.45) is 10.3. The molecule has 2 heterocycles. The van der Waals surface area contributed by atoms with Crippen LogP contribution in [0.2, 0.25) is 0 Å². The largest absolute Gasteiger partial charge is 0.338 e. The molecule has 1 saturated carbocycles. The zero-order valence-electron chi connectivity index (χ0n) is 12.7. The Morgan fingerprint density at radius 2 is 2.14 bits per heavy atom. The molecule has 1 N–H and O–H groups in total. The summed E-state index contributed by atoms with van der Waals surface area (Å²) in [5, 5.41) is 7.41. The van der Waals surface area contributed by atoms with Gasteiger partial charge in [-0.1, -0.05) is 25.7 Å². The average Bonchev–Trinajstić information content (AvgIpc) is 3.24. The van der Waals surface area contributed by atoms with Crippen LogP contribution in [0.25, 0.3) is 0 Å². The van der Waals surface area contributed by atoms with Crippen LogP contribution in [0.5, 0.6) is 0 Å². The van der Waals surface area contributed by atoms with Gasteiger partial charge in [0.15, 0.2) is 0 Å². The van der Waals surface area contributed by atoms with E-state index in [2.05, 4.69) is 22.1 Å². The van der Waals surface area contributed by atoms with E-state index in [0.29, 0.717) is 6.04 Å². The van der Waals surface area contributed by atoms with Gasteiger partial charge in [0.2, 0.25) is 0 Å². The van der Waals surface area contributed by atoms with Gasteiger partial charge >= 0.3 is 6.03 Å². The van der Waals surface area contributed by atoms with Gasteiger partial charge in [-0.2, -0.15) is 11.3 Å². The number of thiophene rings is 1. The highest BCUT2D eigenvalue weighted by molar-refractivity contribution is 7.07. The molecule has 4 heteroatoms. The molecule has 0 aromatic carbocycles. The summed E-state index contributed by atoms with van der Waals surface area (Å²) < 4.78 is 0. The SMILES string of the molecule is O=C(NCCCC1CCCC1)N1CCCC1c1ccsc1. The van der Waals surface area contributed by atoms with Crippen LogP contribution < -0.4 is 5.32 Å². The first-order chi connectivity index (χ1) is 10.3. The minimum Gasteiger partial charge on any atom is -0.338 e. The maximum absolute atomic E-state index is 12.4. The maximum Gasteiger partial charge on any atom is 0.317 e. The van der Waals surface area contributed by atoms with E-state index in [9.17, 15) is 4.79 Å². The van der Waals surface area contributed by atoms with E-state index in [1.807, 2.05) is 4.90 Å². The molecule has 0 radical (unpaired) electrons. The summed E-state index contributed by atoms with van der Waals surface area (Å²) in [6.45, 7) is 1.73. The molecule has 1 aromatic rings. The van der Waals surface area contributed by atoms with Crippen molar-refractivity contribution in [2.75, 3.05) is 13.1 Å². The lowest BCUT2D eigenvalue weighted by Crippen LogP contribution is -2.39. The van der Waals surface area contributed by atoms with Gasteiger partial charge in [-0.05, 0) is 54.0 Å². The summed E-state index contributed by atoms with van der Waals surface area (Å²) in [6, 6.07) is 2.59. The molecule has 1 saturated heterocycles. The van der Waals surface area contributed by atoms with Crippen molar-refractivity contribution in [1.29, 1.82) is 0 Å². The second kappa shape index (κ2) is 7.30. The minimum absolute atomic E-state index is 0.134. The Hall–Kier alpha value is -1.03. The van der Waals surface area contributed by atoms with E-state index in [4.69, 9.17) is 0 Å². The van der Waals surface area contributed by atoms with Crippen molar-refractivity contribution < 1.29 is 4.79 Å². The molecule has 3 rings (SSSR count). The fourth-order valence-corrected chi connectivity index (χ4v) is 4.51. The molecule has 21 heavy (non-hydrogen) atoms. The first-order valence-corrected chi connectivity index (χ1v) is 9.35. The highest BCUT2D eigenvalue weighted by Crippen LogP contribution is 2.33. The van der Waals surface area contributed by atoms with Crippen LogP contribution in [0.3, 0.4) is 0 Å². The standard InChI is InChI=1S/C17H26N2OS/c20-17(18-10-3-7-14-5-1-2-6-14)19-11-4-8-16(19)15-9-12-21-13-15/h9,12-14,16H,1-8,10-11H2,(H,18,20). The number of urea groups is 1. The van der Waals surface area contributed by atoms with Crippen molar-refractivity contribution in [1.82, 2.24) is 10.2 Å². The van der Waals surface area contributed by atoms with Crippen LogP contribution in [0, 0.1) is 5.92 Å². The van der Waals surface area contributed by atoms with E-state index >= 15 is 0 Å². The number of hydrogen-bond donors (Lipinski definition) is 1. The fourth-order valence-electron chi connectivity index (χ4n) is 3.81. The quantitative estimate of drug-likeness (QED) is 0.794. The van der Waals surface area contributed by atoms with E-state index in [1.165, 1.54) is 37.7 Å². The van der Waals surface area contributed by atoms with Crippen LogP contribution in [0.15, 0.2) is 16.8 Å². The Labute approximate surface area is 131 Å². The Morgan fingerprint density at radius 3 is 2.90 bits per heavy atom. The van der Waals surface area contributed by atoms with Crippen LogP contribution >= 0.6 is 11.3 Å². The van der Waals surface area contributed by atoms with E-state index in [0.717, 1.165) is 38.3 Å². The number of carbonyl (C=O) groups is 1. The Bertz CT molecular complexity index is 440. The molecule has 2 fully saturated rings. The summed E-state index contributed by atoms with van der Waals surface area (Å²) >= 11 is 1.72. The van der Waals surface area contributed by atoms with E-state index in [-0.39, 0.29) is 6.03 Å². The molecule has 1 aromatic heterocycles. The monoisotopic (exact) mass is 306 g/mol. The van der Waals surface area contributed by atoms with Crippen molar-refractivity contribution in [3.8, 4) is 0 Å². The maximum atomic E-state index is 12.4. The molecule has 1 unspecified atom stereocenters. The third-order valence-electron chi connectivity index (χ3n) is 4.98. The van der Waals surface area contributed by atoms with Crippen molar-refractivity contribution in [2.24, 2.45) is 5.92 Å². The molecular weight excluding hydrogens is 280 g/mol. The van der Waals surface area contributed by atoms with Gasteiger partial charge < -0.3 is 10.2 Å². The van der Waals surface area contributed by atoms with Gasteiger partial charge in [-0.25, -0.2) is 4.79 Å². The lowest BCUT2D eigenvalue weighted by atomic mass is 10.0. The highest BCUT2D eigenvalue weighted by Gasteiger charge is 2.29. The molecule has 3 nitrogen and oxygen atoms in total. The van der Waals surface area contributed by atoms with Gasteiger partial charge in [-0.3, -0.25) is 0 Å². The number of rotatable bonds is 5. The molecule has 1 aliphatic carbocycles. The fraction of sp³-hybridized carbons (Fsp3) is 0.706. The van der Waals surface area contributed by atoms with Crippen molar-refractivity contribution in [3.05, 3.63) is 22.4 Å². The average molecular weight is 306 g/mol. The van der Waals surface area contributed by atoms with Gasteiger partial charge in [0.25, 0.3) is 0 Å². The molecule has 0 bridgehead atoms. The van der Waals surface area contributed by atoms with Crippen LogP contribution in [0.4, 0.5) is 4.79 Å². The summed E-state index contributed by atoms with van der Waals surface area (Å²) in [5.41, 5.74) is 1.30. The lowest BCUT2D eigenvalue weighted by Gasteiger charge is -2.24. The van der Waals surface area contributed by atoms with Crippen LogP contribution in [0.1, 0.15) is 63.0 Å². The van der Waals surface area contributed by atoms with E-state index in [1.54, 1.807) is 11.3 Å². The Balaban J connectivity index is 1.42. The van der Waals surface area contributed by atoms with Crippen LogP contribution in [-0.2, 0) is 0 Å². The van der Waals surface area contributed by atoms with Gasteiger partial charge in [0, 0.05) is 13.1 Å². The van der Waals surface area contributed by atoms with Gasteiger partial charge in [-0.15, -0.1) is 0 Å². The molecule has 2 amide bonds. The number of amides is 2. The molecule has 2 aliphatic rings. The zero-order valence-corrected chi connectivity index (χ0v) is 13.5. The van der Waals surface area contributed by atoms with Gasteiger partial charge in [0.1, 0.15) is 0 Å². The van der Waals surface area contributed by atoms with E-state index < -0.39 is 0 Å². The second-order valence-electron chi connectivity index (χ2n) is 6.43. The second-order valence-corrected chi connectivity index (χ2v) is 7.21. The smallest absolute Gasteiger partial charge is 0.317 e. The number of likely N-dealkylation sites (tertiary alicyclic amines) is 1. The third kappa shape index (κ3) is 3.79. The molecule has 1 aliphatic heterocycles. The summed E-state index contributed by atoms with van der Waals surface area (Å²) in [5.74, 6) is 0.923. The van der Waals surface area contributed by atoms with Crippen molar-refractivity contribution in [2.45, 2.75) is 57.4 Å².